The summed E-state index contributed by atoms with van der Waals surface area (Å²) in [6, 6.07) is 13.9. The molecule has 0 aliphatic rings. The highest BCUT2D eigenvalue weighted by molar-refractivity contribution is 7.99. The van der Waals surface area contributed by atoms with Crippen LogP contribution in [0.5, 0.6) is 5.75 Å². The highest BCUT2D eigenvalue weighted by atomic mass is 32.2. The maximum atomic E-state index is 12.1. The van der Waals surface area contributed by atoms with Crippen molar-refractivity contribution >= 4 is 29.3 Å². The lowest BCUT2D eigenvalue weighted by Crippen LogP contribution is -2.17. The number of rotatable bonds is 8. The van der Waals surface area contributed by atoms with Crippen molar-refractivity contribution in [1.29, 1.82) is 0 Å². The van der Waals surface area contributed by atoms with Gasteiger partial charge in [-0.05, 0) is 42.0 Å². The molecule has 150 valence electrons. The molecular formula is C19H20N6O3S. The summed E-state index contributed by atoms with van der Waals surface area (Å²) in [5.74, 6) is 6.77. The largest absolute Gasteiger partial charge is 0.497 e. The molecule has 0 aliphatic carbocycles. The third-order valence-corrected chi connectivity index (χ3v) is 4.99. The number of nitrogens with zero attached hydrogens (tertiary/aromatic N) is 3. The number of amides is 2. The lowest BCUT2D eigenvalue weighted by molar-refractivity contribution is -0.113. The Bertz CT molecular complexity index is 1000. The molecule has 0 unspecified atom stereocenters. The van der Waals surface area contributed by atoms with Gasteiger partial charge in [0.15, 0.2) is 5.82 Å². The third kappa shape index (κ3) is 5.26. The predicted octanol–water partition coefficient (Wildman–Crippen LogP) is 1.42. The number of anilines is 1. The number of carbonyl (C=O) groups is 2. The zero-order chi connectivity index (χ0) is 20.8. The number of benzene rings is 2. The van der Waals surface area contributed by atoms with E-state index in [2.05, 4.69) is 15.5 Å². The van der Waals surface area contributed by atoms with Crippen LogP contribution in [-0.4, -0.2) is 39.6 Å². The Morgan fingerprint density at radius 3 is 2.41 bits per heavy atom. The van der Waals surface area contributed by atoms with Crippen LogP contribution in [0.1, 0.15) is 21.7 Å². The fourth-order valence-electron chi connectivity index (χ4n) is 2.50. The van der Waals surface area contributed by atoms with E-state index in [1.54, 1.807) is 31.4 Å². The van der Waals surface area contributed by atoms with E-state index in [-0.39, 0.29) is 11.7 Å². The summed E-state index contributed by atoms with van der Waals surface area (Å²) in [6.07, 6.45) is 0.506. The SMILES string of the molecule is COc1ccc(Cc2nnc(SCC(=O)Nc3ccc(C(N)=O)cc3)n2N)cc1. The first kappa shape index (κ1) is 20.2. The molecule has 0 saturated heterocycles. The van der Waals surface area contributed by atoms with E-state index < -0.39 is 5.91 Å². The highest BCUT2D eigenvalue weighted by Gasteiger charge is 2.13. The van der Waals surface area contributed by atoms with E-state index in [9.17, 15) is 9.59 Å². The molecular weight excluding hydrogens is 392 g/mol. The molecule has 2 aromatic carbocycles. The van der Waals surface area contributed by atoms with Crippen molar-refractivity contribution in [2.24, 2.45) is 5.73 Å². The van der Waals surface area contributed by atoms with E-state index >= 15 is 0 Å². The fourth-order valence-corrected chi connectivity index (χ4v) is 3.17. The Labute approximate surface area is 171 Å². The second kappa shape index (κ2) is 9.11. The number of hydrogen-bond acceptors (Lipinski definition) is 7. The predicted molar refractivity (Wildman–Crippen MR) is 110 cm³/mol. The molecule has 1 aromatic heterocycles. The van der Waals surface area contributed by atoms with Gasteiger partial charge >= 0.3 is 0 Å². The Balaban J connectivity index is 1.55. The summed E-state index contributed by atoms with van der Waals surface area (Å²) >= 11 is 1.18. The van der Waals surface area contributed by atoms with Gasteiger partial charge in [0.2, 0.25) is 17.0 Å². The molecule has 29 heavy (non-hydrogen) atoms. The quantitative estimate of drug-likeness (QED) is 0.376. The number of primary amides is 1. The van der Waals surface area contributed by atoms with E-state index in [0.29, 0.717) is 28.7 Å². The van der Waals surface area contributed by atoms with Gasteiger partial charge in [-0.25, -0.2) is 4.68 Å². The van der Waals surface area contributed by atoms with E-state index in [1.165, 1.54) is 16.4 Å². The summed E-state index contributed by atoms with van der Waals surface area (Å²) in [4.78, 5) is 23.2. The lowest BCUT2D eigenvalue weighted by Gasteiger charge is -2.06. The first-order chi connectivity index (χ1) is 14.0. The van der Waals surface area contributed by atoms with Crippen molar-refractivity contribution in [3.63, 3.8) is 0 Å². The number of nitrogens with one attached hydrogen (secondary N) is 1. The molecule has 0 aliphatic heterocycles. The Morgan fingerprint density at radius 2 is 1.79 bits per heavy atom. The van der Waals surface area contributed by atoms with Gasteiger partial charge in [0, 0.05) is 17.7 Å². The van der Waals surface area contributed by atoms with Crippen LogP contribution in [0.2, 0.25) is 0 Å². The van der Waals surface area contributed by atoms with Gasteiger partial charge in [0.1, 0.15) is 5.75 Å². The average molecular weight is 412 g/mol. The topological polar surface area (TPSA) is 138 Å². The van der Waals surface area contributed by atoms with Gasteiger partial charge in [0.25, 0.3) is 0 Å². The minimum absolute atomic E-state index is 0.107. The summed E-state index contributed by atoms with van der Waals surface area (Å²) in [7, 11) is 1.61. The van der Waals surface area contributed by atoms with Crippen molar-refractivity contribution in [3.05, 3.63) is 65.5 Å². The lowest BCUT2D eigenvalue weighted by atomic mass is 10.1. The first-order valence-corrected chi connectivity index (χ1v) is 9.59. The van der Waals surface area contributed by atoms with Crippen LogP contribution in [0.3, 0.4) is 0 Å². The van der Waals surface area contributed by atoms with E-state index in [0.717, 1.165) is 11.3 Å². The molecule has 3 rings (SSSR count). The minimum atomic E-state index is -0.522. The summed E-state index contributed by atoms with van der Waals surface area (Å²) < 4.78 is 6.52. The monoisotopic (exact) mass is 412 g/mol. The van der Waals surface area contributed by atoms with E-state index in [1.807, 2.05) is 24.3 Å². The van der Waals surface area contributed by atoms with Crippen LogP contribution in [0, 0.1) is 0 Å². The van der Waals surface area contributed by atoms with Gasteiger partial charge in [-0.2, -0.15) is 0 Å². The van der Waals surface area contributed by atoms with Crippen LogP contribution in [0.4, 0.5) is 5.69 Å². The van der Waals surface area contributed by atoms with Crippen molar-refractivity contribution in [2.75, 3.05) is 24.0 Å². The Morgan fingerprint density at radius 1 is 1.10 bits per heavy atom. The molecule has 0 fully saturated rings. The maximum Gasteiger partial charge on any atom is 0.248 e. The van der Waals surface area contributed by atoms with Crippen LogP contribution in [0.15, 0.2) is 53.7 Å². The molecule has 10 heteroatoms. The van der Waals surface area contributed by atoms with Gasteiger partial charge < -0.3 is 21.6 Å². The zero-order valence-corrected chi connectivity index (χ0v) is 16.5. The van der Waals surface area contributed by atoms with Gasteiger partial charge in [-0.15, -0.1) is 10.2 Å². The van der Waals surface area contributed by atoms with Crippen LogP contribution in [0.25, 0.3) is 0 Å². The zero-order valence-electron chi connectivity index (χ0n) is 15.7. The normalized spacial score (nSPS) is 10.5. The second-order valence-electron chi connectivity index (χ2n) is 6.07. The maximum absolute atomic E-state index is 12.1. The van der Waals surface area contributed by atoms with Crippen molar-refractivity contribution < 1.29 is 14.3 Å². The molecule has 5 N–H and O–H groups in total. The van der Waals surface area contributed by atoms with E-state index in [4.69, 9.17) is 16.3 Å². The summed E-state index contributed by atoms with van der Waals surface area (Å²) in [6.45, 7) is 0. The molecule has 0 spiro atoms. The second-order valence-corrected chi connectivity index (χ2v) is 7.01. The van der Waals surface area contributed by atoms with Crippen molar-refractivity contribution in [1.82, 2.24) is 14.9 Å². The van der Waals surface area contributed by atoms with Crippen molar-refractivity contribution in [3.8, 4) is 5.75 Å². The Kier molecular flexibility index (Phi) is 6.35. The third-order valence-electron chi connectivity index (χ3n) is 4.04. The highest BCUT2D eigenvalue weighted by Crippen LogP contribution is 2.18. The number of methoxy groups -OCH3 is 1. The molecule has 2 amide bonds. The van der Waals surface area contributed by atoms with Gasteiger partial charge in [-0.3, -0.25) is 9.59 Å². The van der Waals surface area contributed by atoms with Gasteiger partial charge in [0.05, 0.1) is 12.9 Å². The molecule has 0 radical (unpaired) electrons. The molecule has 0 bridgehead atoms. The molecule has 9 nitrogen and oxygen atoms in total. The standard InChI is InChI=1S/C19H20N6O3S/c1-28-15-8-2-12(3-9-15)10-16-23-24-19(25(16)21)29-11-17(26)22-14-6-4-13(5-7-14)18(20)27/h2-9H,10-11,21H2,1H3,(H2,20,27)(H,22,26). The summed E-state index contributed by atoms with van der Waals surface area (Å²) in [5.41, 5.74) is 7.14. The molecule has 3 aromatic rings. The summed E-state index contributed by atoms with van der Waals surface area (Å²) in [5, 5.41) is 11.3. The number of ether oxygens (including phenoxy) is 1. The number of hydrogen-bond donors (Lipinski definition) is 3. The number of carbonyl (C=O) groups excluding carboxylic acids is 2. The Hall–Kier alpha value is -3.53. The molecule has 1 heterocycles. The van der Waals surface area contributed by atoms with Crippen molar-refractivity contribution in [2.45, 2.75) is 11.6 Å². The number of nitrogen functional groups attached to an aromatic ring is 1. The van der Waals surface area contributed by atoms with Crippen LogP contribution < -0.4 is 21.6 Å². The number of nitrogens with two attached hydrogens (primary N) is 2. The molecule has 0 saturated carbocycles. The van der Waals surface area contributed by atoms with Crippen LogP contribution in [-0.2, 0) is 11.2 Å². The fraction of sp³-hybridized carbons (Fsp3) is 0.158. The number of thioether (sulfide) groups is 1. The first-order valence-electron chi connectivity index (χ1n) is 8.61. The smallest absolute Gasteiger partial charge is 0.248 e. The minimum Gasteiger partial charge on any atom is -0.497 e. The number of aromatic nitrogens is 3. The molecule has 0 atom stereocenters. The van der Waals surface area contributed by atoms with Gasteiger partial charge in [-0.1, -0.05) is 23.9 Å². The van der Waals surface area contributed by atoms with Crippen LogP contribution >= 0.6 is 11.8 Å². The average Bonchev–Trinajstić information content (AvgIpc) is 3.07.